The van der Waals surface area contributed by atoms with E-state index in [9.17, 15) is 0 Å². The Morgan fingerprint density at radius 2 is 2.19 bits per heavy atom. The van der Waals surface area contributed by atoms with E-state index in [1.165, 1.54) is 62.9 Å². The van der Waals surface area contributed by atoms with Crippen molar-refractivity contribution in [1.29, 1.82) is 0 Å². The number of fused-ring (bicyclic) bond motifs is 3. The SMILES string of the molecule is CC[C@H]1CCCC[NH+]1[C@H]1N=CNc2sc3c(c21)CCCC3. The van der Waals surface area contributed by atoms with Gasteiger partial charge in [-0.1, -0.05) is 6.92 Å². The Bertz CT molecular complexity index is 548. The summed E-state index contributed by atoms with van der Waals surface area (Å²) >= 11 is 2.00. The smallest absolute Gasteiger partial charge is 0.212 e. The molecule has 0 radical (unpaired) electrons. The average molecular weight is 304 g/mol. The maximum atomic E-state index is 4.91. The van der Waals surface area contributed by atoms with Crippen molar-refractivity contribution >= 4 is 22.7 Å². The van der Waals surface area contributed by atoms with Gasteiger partial charge in [0.05, 0.1) is 24.5 Å². The molecule has 3 aliphatic rings. The predicted molar refractivity (Wildman–Crippen MR) is 89.6 cm³/mol. The first-order valence-electron chi connectivity index (χ1n) is 8.66. The minimum Gasteiger partial charge on any atom is -0.338 e. The molecule has 0 saturated carbocycles. The summed E-state index contributed by atoms with van der Waals surface area (Å²) in [5.74, 6) is 0. The van der Waals surface area contributed by atoms with Gasteiger partial charge in [0.15, 0.2) is 0 Å². The summed E-state index contributed by atoms with van der Waals surface area (Å²) in [6.45, 7) is 3.65. The first-order chi connectivity index (χ1) is 10.4. The molecule has 21 heavy (non-hydrogen) atoms. The molecule has 1 fully saturated rings. The van der Waals surface area contributed by atoms with E-state index in [1.807, 2.05) is 17.7 Å². The summed E-state index contributed by atoms with van der Waals surface area (Å²) in [6.07, 6.45) is 13.1. The lowest BCUT2D eigenvalue weighted by molar-refractivity contribution is -0.960. The molecule has 4 heteroatoms. The number of quaternary nitrogens is 1. The molecule has 3 nitrogen and oxygen atoms in total. The number of aryl methyl sites for hydroxylation is 1. The summed E-state index contributed by atoms with van der Waals surface area (Å²) in [4.78, 5) is 8.27. The molecular formula is C17H26N3S+. The van der Waals surface area contributed by atoms with Crippen LogP contribution in [0.1, 0.15) is 67.6 Å². The van der Waals surface area contributed by atoms with Crippen molar-refractivity contribution in [2.24, 2.45) is 4.99 Å². The van der Waals surface area contributed by atoms with Gasteiger partial charge >= 0.3 is 0 Å². The molecule has 3 atom stereocenters. The van der Waals surface area contributed by atoms with Crippen LogP contribution in [-0.4, -0.2) is 18.9 Å². The lowest BCUT2D eigenvalue weighted by Crippen LogP contribution is -3.16. The molecular weight excluding hydrogens is 278 g/mol. The molecule has 1 saturated heterocycles. The zero-order valence-corrected chi connectivity index (χ0v) is 13.8. The predicted octanol–water partition coefficient (Wildman–Crippen LogP) is 2.93. The number of aliphatic imine (C=N–C) groups is 1. The fourth-order valence-corrected chi connectivity index (χ4v) is 5.73. The standard InChI is InChI=1S/C17H25N3S/c1-2-12-7-5-6-10-20(12)16-15-13-8-3-4-9-14(13)21-17(15)19-11-18-16/h11-12,16H,2-10H2,1H3,(H,18,19)/p+1/t12-,16+/m0/s1. The third kappa shape index (κ3) is 2.33. The van der Waals surface area contributed by atoms with Gasteiger partial charge in [-0.2, -0.15) is 0 Å². The number of likely N-dealkylation sites (tertiary alicyclic amines) is 1. The van der Waals surface area contributed by atoms with Crippen LogP contribution < -0.4 is 10.2 Å². The van der Waals surface area contributed by atoms with Gasteiger partial charge in [-0.05, 0) is 56.9 Å². The molecule has 114 valence electrons. The lowest BCUT2D eigenvalue weighted by Gasteiger charge is -2.37. The highest BCUT2D eigenvalue weighted by atomic mass is 32.1. The van der Waals surface area contributed by atoms with Crippen LogP contribution in [0, 0.1) is 0 Å². The van der Waals surface area contributed by atoms with Crippen molar-refractivity contribution in [3.05, 3.63) is 16.0 Å². The zero-order valence-electron chi connectivity index (χ0n) is 13.0. The van der Waals surface area contributed by atoms with Gasteiger partial charge in [-0.15, -0.1) is 11.3 Å². The van der Waals surface area contributed by atoms with E-state index < -0.39 is 0 Å². The number of rotatable bonds is 2. The molecule has 0 aromatic carbocycles. The van der Waals surface area contributed by atoms with Crippen molar-refractivity contribution < 1.29 is 4.90 Å². The highest BCUT2D eigenvalue weighted by Crippen LogP contribution is 2.42. The van der Waals surface area contributed by atoms with Crippen LogP contribution in [0.4, 0.5) is 5.00 Å². The van der Waals surface area contributed by atoms with Crippen LogP contribution in [0.2, 0.25) is 0 Å². The number of anilines is 1. The van der Waals surface area contributed by atoms with Crippen LogP contribution in [0.3, 0.4) is 0 Å². The second kappa shape index (κ2) is 5.73. The van der Waals surface area contributed by atoms with Crippen LogP contribution in [0.5, 0.6) is 0 Å². The first kappa shape index (κ1) is 13.8. The summed E-state index contributed by atoms with van der Waals surface area (Å²) in [6, 6.07) is 0.797. The van der Waals surface area contributed by atoms with E-state index in [1.54, 1.807) is 20.9 Å². The minimum atomic E-state index is 0.365. The van der Waals surface area contributed by atoms with Gasteiger partial charge in [-0.25, -0.2) is 4.99 Å². The van der Waals surface area contributed by atoms with Gasteiger partial charge in [0.2, 0.25) is 6.17 Å². The van der Waals surface area contributed by atoms with Gasteiger partial charge in [0.25, 0.3) is 0 Å². The number of nitrogens with one attached hydrogen (secondary N) is 2. The zero-order chi connectivity index (χ0) is 14.2. The number of hydrogen-bond acceptors (Lipinski definition) is 3. The monoisotopic (exact) mass is 304 g/mol. The molecule has 1 aromatic rings. The van der Waals surface area contributed by atoms with E-state index in [0.29, 0.717) is 6.17 Å². The second-order valence-corrected chi connectivity index (χ2v) is 7.81. The van der Waals surface area contributed by atoms with Gasteiger partial charge in [0.1, 0.15) is 5.00 Å². The Balaban J connectivity index is 1.72. The second-order valence-electron chi connectivity index (χ2n) is 6.70. The lowest BCUT2D eigenvalue weighted by atomic mass is 9.92. The van der Waals surface area contributed by atoms with E-state index in [0.717, 1.165) is 6.04 Å². The topological polar surface area (TPSA) is 28.8 Å². The highest BCUT2D eigenvalue weighted by Gasteiger charge is 2.38. The van der Waals surface area contributed by atoms with Crippen molar-refractivity contribution in [1.82, 2.24) is 0 Å². The van der Waals surface area contributed by atoms with E-state index >= 15 is 0 Å². The van der Waals surface area contributed by atoms with Crippen LogP contribution in [0.25, 0.3) is 0 Å². The van der Waals surface area contributed by atoms with Crippen molar-refractivity contribution in [3.8, 4) is 0 Å². The summed E-state index contributed by atoms with van der Waals surface area (Å²) in [5, 5.41) is 4.83. The molecule has 2 aliphatic heterocycles. The number of hydrogen-bond donors (Lipinski definition) is 2. The highest BCUT2D eigenvalue weighted by molar-refractivity contribution is 7.16. The Morgan fingerprint density at radius 3 is 3.10 bits per heavy atom. The molecule has 0 bridgehead atoms. The van der Waals surface area contributed by atoms with Crippen molar-refractivity contribution in [2.75, 3.05) is 11.9 Å². The Hall–Kier alpha value is -0.870. The third-order valence-electron chi connectivity index (χ3n) is 5.54. The van der Waals surface area contributed by atoms with E-state index in [4.69, 9.17) is 4.99 Å². The molecule has 0 amide bonds. The van der Waals surface area contributed by atoms with Crippen molar-refractivity contribution in [2.45, 2.75) is 70.5 Å². The number of nitrogens with zero attached hydrogens (tertiary/aromatic N) is 1. The molecule has 2 N–H and O–H groups in total. The van der Waals surface area contributed by atoms with Crippen LogP contribution in [0.15, 0.2) is 4.99 Å². The maximum absolute atomic E-state index is 4.91. The van der Waals surface area contributed by atoms with Crippen molar-refractivity contribution in [3.63, 3.8) is 0 Å². The summed E-state index contributed by atoms with van der Waals surface area (Å²) < 4.78 is 0. The minimum absolute atomic E-state index is 0.365. The van der Waals surface area contributed by atoms with Crippen LogP contribution >= 0.6 is 11.3 Å². The first-order valence-corrected chi connectivity index (χ1v) is 9.48. The molecule has 4 rings (SSSR count). The summed E-state index contributed by atoms with van der Waals surface area (Å²) in [7, 11) is 0. The molecule has 1 aliphatic carbocycles. The fourth-order valence-electron chi connectivity index (χ4n) is 4.45. The van der Waals surface area contributed by atoms with Gasteiger partial charge in [0, 0.05) is 4.88 Å². The maximum Gasteiger partial charge on any atom is 0.212 e. The molecule has 1 aromatic heterocycles. The Labute approximate surface area is 131 Å². The van der Waals surface area contributed by atoms with E-state index in [2.05, 4.69) is 12.2 Å². The van der Waals surface area contributed by atoms with Gasteiger partial charge < -0.3 is 10.2 Å². The summed E-state index contributed by atoms with van der Waals surface area (Å²) in [5.41, 5.74) is 3.22. The number of piperidine rings is 1. The Morgan fingerprint density at radius 1 is 1.29 bits per heavy atom. The largest absolute Gasteiger partial charge is 0.338 e. The van der Waals surface area contributed by atoms with Gasteiger partial charge in [-0.3, -0.25) is 0 Å². The molecule has 1 unspecified atom stereocenters. The number of thiophene rings is 1. The fraction of sp³-hybridized carbons (Fsp3) is 0.706. The molecule has 3 heterocycles. The molecule has 0 spiro atoms. The quantitative estimate of drug-likeness (QED) is 0.864. The third-order valence-corrected chi connectivity index (χ3v) is 6.78. The van der Waals surface area contributed by atoms with E-state index in [-0.39, 0.29) is 0 Å². The average Bonchev–Trinajstić information content (AvgIpc) is 2.93. The Kier molecular flexibility index (Phi) is 3.76. The normalized spacial score (nSPS) is 31.4. The van der Waals surface area contributed by atoms with Crippen LogP contribution in [-0.2, 0) is 12.8 Å².